The van der Waals surface area contributed by atoms with Crippen LogP contribution in [0.5, 0.6) is 5.75 Å². The minimum Gasteiger partial charge on any atom is -0.497 e. The van der Waals surface area contributed by atoms with E-state index in [4.69, 9.17) is 4.74 Å². The minimum atomic E-state index is -1.23. The number of methoxy groups -OCH3 is 1. The second-order valence-electron chi connectivity index (χ2n) is 10.2. The molecule has 1 saturated carbocycles. The van der Waals surface area contributed by atoms with Gasteiger partial charge in [-0.05, 0) is 67.6 Å². The minimum absolute atomic E-state index is 0.0283. The van der Waals surface area contributed by atoms with Crippen molar-refractivity contribution in [2.75, 3.05) is 25.5 Å². The van der Waals surface area contributed by atoms with Gasteiger partial charge in [-0.2, -0.15) is 0 Å². The molecule has 0 bridgehead atoms. The van der Waals surface area contributed by atoms with E-state index < -0.39 is 36.0 Å². The molecule has 2 unspecified atom stereocenters. The molecule has 1 aliphatic carbocycles. The third-order valence-electron chi connectivity index (χ3n) is 7.48. The molecule has 2 aromatic rings. The number of amides is 4. The van der Waals surface area contributed by atoms with Gasteiger partial charge in [-0.3, -0.25) is 19.3 Å². The van der Waals surface area contributed by atoms with Gasteiger partial charge in [0, 0.05) is 30.4 Å². The van der Waals surface area contributed by atoms with E-state index in [0.29, 0.717) is 17.0 Å². The van der Waals surface area contributed by atoms with Gasteiger partial charge < -0.3 is 25.4 Å². The summed E-state index contributed by atoms with van der Waals surface area (Å²) < 4.78 is 5.18. The van der Waals surface area contributed by atoms with Crippen LogP contribution in [0.25, 0.3) is 0 Å². The summed E-state index contributed by atoms with van der Waals surface area (Å²) in [6.45, 7) is 2.20. The molecule has 0 spiro atoms. The molecular formula is C29H36N4O6. The summed E-state index contributed by atoms with van der Waals surface area (Å²) in [7, 11) is 1.53. The number of carbonyl (C=O) groups excluding carboxylic acids is 3. The normalized spacial score (nSPS) is 18.4. The molecule has 10 nitrogen and oxygen atoms in total. The Kier molecular flexibility index (Phi) is 9.06. The predicted molar refractivity (Wildman–Crippen MR) is 145 cm³/mol. The second-order valence-corrected chi connectivity index (χ2v) is 10.2. The molecule has 2 aromatic carbocycles. The van der Waals surface area contributed by atoms with Crippen LogP contribution in [0.1, 0.15) is 54.4 Å². The first-order chi connectivity index (χ1) is 18.8. The lowest BCUT2D eigenvalue weighted by Gasteiger charge is -2.34. The number of anilines is 1. The first-order valence-electron chi connectivity index (χ1n) is 13.4. The lowest BCUT2D eigenvalue weighted by molar-refractivity contribution is -0.138. The number of nitrogens with one attached hydrogen (secondary N) is 2. The van der Waals surface area contributed by atoms with Crippen molar-refractivity contribution in [1.29, 1.82) is 0 Å². The number of nitrogens with zero attached hydrogens (tertiary/aromatic N) is 2. The fraction of sp³-hybridized carbons (Fsp3) is 0.448. The second kappa shape index (κ2) is 12.6. The molecule has 1 heterocycles. The van der Waals surface area contributed by atoms with Crippen molar-refractivity contribution in [3.63, 3.8) is 0 Å². The Labute approximate surface area is 228 Å². The number of benzene rings is 2. The van der Waals surface area contributed by atoms with E-state index in [1.807, 2.05) is 25.1 Å². The smallest absolute Gasteiger partial charge is 0.323 e. The molecule has 1 aliphatic heterocycles. The summed E-state index contributed by atoms with van der Waals surface area (Å²) in [6.07, 6.45) is 3.25. The monoisotopic (exact) mass is 536 g/mol. The Morgan fingerprint density at radius 3 is 2.33 bits per heavy atom. The number of ether oxygens (including phenoxy) is 1. The fourth-order valence-electron chi connectivity index (χ4n) is 5.47. The van der Waals surface area contributed by atoms with Gasteiger partial charge in [-0.25, -0.2) is 4.79 Å². The van der Waals surface area contributed by atoms with Gasteiger partial charge in [0.1, 0.15) is 5.75 Å². The Bertz CT molecular complexity index is 1190. The van der Waals surface area contributed by atoms with Crippen molar-refractivity contribution in [1.82, 2.24) is 15.1 Å². The summed E-state index contributed by atoms with van der Waals surface area (Å²) in [6, 6.07) is 12.7. The van der Waals surface area contributed by atoms with Crippen LogP contribution in [-0.2, 0) is 9.59 Å². The van der Waals surface area contributed by atoms with Crippen molar-refractivity contribution in [3.05, 3.63) is 59.7 Å². The Balaban J connectivity index is 1.60. The van der Waals surface area contributed by atoms with Crippen molar-refractivity contribution in [3.8, 4) is 5.75 Å². The van der Waals surface area contributed by atoms with E-state index in [0.717, 1.165) is 37.7 Å². The number of carboxylic acids is 1. The molecule has 39 heavy (non-hydrogen) atoms. The zero-order valence-electron chi connectivity index (χ0n) is 22.4. The highest BCUT2D eigenvalue weighted by molar-refractivity contribution is 6.00. The van der Waals surface area contributed by atoms with Crippen LogP contribution >= 0.6 is 0 Å². The molecule has 0 radical (unpaired) electrons. The van der Waals surface area contributed by atoms with E-state index in [9.17, 15) is 24.3 Å². The highest BCUT2D eigenvalue weighted by atomic mass is 16.5. The summed E-state index contributed by atoms with van der Waals surface area (Å²) in [5.74, 6) is -1.36. The van der Waals surface area contributed by atoms with E-state index in [1.165, 1.54) is 16.9 Å². The molecule has 0 aromatic heterocycles. The Hall–Kier alpha value is -4.08. The standard InChI is InChI=1S/C29H36N4O6/c1-19-7-6-10-22(17-19)30-29(38)33-16-15-32(28(37)21-11-13-23(39-2)14-12-21)27(33)26(36)31-24(18-25(34)35)20-8-4-3-5-9-20/h6-7,10-14,17,20,24,27H,3-5,8-9,15-16,18H2,1-2H3,(H,30,38)(H,31,36)(H,34,35). The average Bonchev–Trinajstić information content (AvgIpc) is 3.38. The number of aliphatic carboxylic acids is 1. The van der Waals surface area contributed by atoms with E-state index in [1.54, 1.807) is 30.3 Å². The largest absolute Gasteiger partial charge is 0.497 e. The molecule has 4 rings (SSSR count). The van der Waals surface area contributed by atoms with Gasteiger partial charge in [-0.1, -0.05) is 31.4 Å². The number of carboxylic acid groups (broad SMARTS) is 1. The summed E-state index contributed by atoms with van der Waals surface area (Å²) in [4.78, 5) is 55.1. The number of aryl methyl sites for hydroxylation is 1. The summed E-state index contributed by atoms with van der Waals surface area (Å²) in [5.41, 5.74) is 1.89. The third-order valence-corrected chi connectivity index (χ3v) is 7.48. The van der Waals surface area contributed by atoms with Crippen molar-refractivity contribution >= 4 is 29.5 Å². The van der Waals surface area contributed by atoms with Gasteiger partial charge in [0.05, 0.1) is 13.5 Å². The first-order valence-corrected chi connectivity index (χ1v) is 13.4. The Morgan fingerprint density at radius 2 is 1.69 bits per heavy atom. The van der Waals surface area contributed by atoms with Gasteiger partial charge in [-0.15, -0.1) is 0 Å². The van der Waals surface area contributed by atoms with Crippen LogP contribution < -0.4 is 15.4 Å². The topological polar surface area (TPSA) is 128 Å². The zero-order valence-corrected chi connectivity index (χ0v) is 22.4. The SMILES string of the molecule is COc1ccc(C(=O)N2CCN(C(=O)Nc3cccc(C)c3)C2C(=O)NC(CC(=O)O)C2CCCCC2)cc1. The highest BCUT2D eigenvalue weighted by Gasteiger charge is 2.44. The lowest BCUT2D eigenvalue weighted by Crippen LogP contribution is -2.57. The van der Waals surface area contributed by atoms with E-state index in [-0.39, 0.29) is 25.4 Å². The van der Waals surface area contributed by atoms with Gasteiger partial charge in [0.15, 0.2) is 6.17 Å². The maximum Gasteiger partial charge on any atom is 0.323 e. The molecule has 2 atom stereocenters. The maximum absolute atomic E-state index is 13.8. The number of urea groups is 1. The zero-order chi connectivity index (χ0) is 27.9. The summed E-state index contributed by atoms with van der Waals surface area (Å²) in [5, 5.41) is 15.3. The number of rotatable bonds is 8. The van der Waals surface area contributed by atoms with E-state index >= 15 is 0 Å². The van der Waals surface area contributed by atoms with Crippen LogP contribution in [0.3, 0.4) is 0 Å². The summed E-state index contributed by atoms with van der Waals surface area (Å²) >= 11 is 0. The molecular weight excluding hydrogens is 500 g/mol. The van der Waals surface area contributed by atoms with Crippen LogP contribution in [0, 0.1) is 12.8 Å². The molecule has 2 fully saturated rings. The van der Waals surface area contributed by atoms with Crippen LogP contribution in [-0.4, -0.2) is 71.1 Å². The van der Waals surface area contributed by atoms with Crippen molar-refractivity contribution in [2.45, 2.75) is 57.7 Å². The van der Waals surface area contributed by atoms with Crippen LogP contribution in [0.2, 0.25) is 0 Å². The fourth-order valence-corrected chi connectivity index (χ4v) is 5.47. The van der Waals surface area contributed by atoms with Crippen LogP contribution in [0.15, 0.2) is 48.5 Å². The molecule has 3 N–H and O–H groups in total. The molecule has 10 heteroatoms. The molecule has 1 saturated heterocycles. The number of carbonyl (C=O) groups is 4. The van der Waals surface area contributed by atoms with Gasteiger partial charge in [0.2, 0.25) is 0 Å². The molecule has 208 valence electrons. The van der Waals surface area contributed by atoms with Crippen molar-refractivity contribution < 1.29 is 29.0 Å². The van der Waals surface area contributed by atoms with Crippen LogP contribution in [0.4, 0.5) is 10.5 Å². The predicted octanol–water partition coefficient (Wildman–Crippen LogP) is 3.86. The number of hydrogen-bond donors (Lipinski definition) is 3. The Morgan fingerprint density at radius 1 is 1.00 bits per heavy atom. The van der Waals surface area contributed by atoms with E-state index in [2.05, 4.69) is 10.6 Å². The highest BCUT2D eigenvalue weighted by Crippen LogP contribution is 2.29. The maximum atomic E-state index is 13.8. The number of hydrogen-bond acceptors (Lipinski definition) is 5. The molecule has 2 aliphatic rings. The van der Waals surface area contributed by atoms with Gasteiger partial charge >= 0.3 is 12.0 Å². The quantitative estimate of drug-likeness (QED) is 0.470. The average molecular weight is 537 g/mol. The molecule has 4 amide bonds. The first kappa shape index (κ1) is 27.9. The third kappa shape index (κ3) is 6.87. The van der Waals surface area contributed by atoms with Gasteiger partial charge in [0.25, 0.3) is 11.8 Å². The lowest BCUT2D eigenvalue weighted by atomic mass is 9.82. The van der Waals surface area contributed by atoms with Crippen molar-refractivity contribution in [2.24, 2.45) is 5.92 Å².